The maximum atomic E-state index is 12.5. The summed E-state index contributed by atoms with van der Waals surface area (Å²) in [5, 5.41) is 9.64. The van der Waals surface area contributed by atoms with Crippen molar-refractivity contribution in [3.63, 3.8) is 0 Å². The number of hydrogen-bond donors (Lipinski definition) is 1. The van der Waals surface area contributed by atoms with Crippen LogP contribution in [0.1, 0.15) is 16.8 Å². The Labute approximate surface area is 165 Å². The highest BCUT2D eigenvalue weighted by atomic mass is 32.2. The molecule has 6 nitrogen and oxygen atoms in total. The summed E-state index contributed by atoms with van der Waals surface area (Å²) in [7, 11) is 0. The summed E-state index contributed by atoms with van der Waals surface area (Å²) in [5.74, 6) is -0.303. The van der Waals surface area contributed by atoms with Crippen molar-refractivity contribution < 1.29 is 4.79 Å². The maximum Gasteiger partial charge on any atom is 0.283 e. The maximum absolute atomic E-state index is 12.5. The number of nitrogens with zero attached hydrogens (tertiary/aromatic N) is 4. The van der Waals surface area contributed by atoms with Crippen LogP contribution in [0.5, 0.6) is 0 Å². The van der Waals surface area contributed by atoms with Crippen LogP contribution >= 0.6 is 23.7 Å². The summed E-state index contributed by atoms with van der Waals surface area (Å²) in [4.78, 5) is 18.3. The molecule has 4 rings (SSSR count). The highest BCUT2D eigenvalue weighted by molar-refractivity contribution is 8.18. The van der Waals surface area contributed by atoms with Gasteiger partial charge in [-0.15, -0.1) is 0 Å². The lowest BCUT2D eigenvalue weighted by Gasteiger charge is -2.24. The summed E-state index contributed by atoms with van der Waals surface area (Å²) in [6, 6.07) is 10.0. The second-order valence-corrected chi connectivity index (χ2v) is 7.66. The highest BCUT2D eigenvalue weighted by Crippen LogP contribution is 2.31. The van der Waals surface area contributed by atoms with Crippen LogP contribution in [0.15, 0.2) is 51.5 Å². The minimum absolute atomic E-state index is 0.109. The van der Waals surface area contributed by atoms with Gasteiger partial charge in [0, 0.05) is 11.9 Å². The van der Waals surface area contributed by atoms with Crippen LogP contribution in [-0.2, 0) is 4.79 Å². The van der Waals surface area contributed by atoms with Crippen molar-refractivity contribution >= 4 is 51.9 Å². The van der Waals surface area contributed by atoms with E-state index in [2.05, 4.69) is 35.4 Å². The second kappa shape index (κ2) is 6.86. The molecule has 0 bridgehead atoms. The van der Waals surface area contributed by atoms with E-state index in [0.717, 1.165) is 34.5 Å². The second-order valence-electron chi connectivity index (χ2n) is 6.15. The Hall–Kier alpha value is -2.58. The number of aliphatic imine (C=N–C) groups is 1. The van der Waals surface area contributed by atoms with Crippen molar-refractivity contribution in [1.82, 2.24) is 9.47 Å². The molecular weight excluding hydrogens is 378 g/mol. The van der Waals surface area contributed by atoms with Crippen molar-refractivity contribution in [3.8, 4) is 5.69 Å². The number of nitrogens with one attached hydrogen (secondary N) is 1. The lowest BCUT2D eigenvalue weighted by molar-refractivity contribution is -0.114. The zero-order valence-corrected chi connectivity index (χ0v) is 16.7. The van der Waals surface area contributed by atoms with E-state index in [0.29, 0.717) is 10.3 Å². The fraction of sp³-hybridized carbons (Fsp3) is 0.158. The van der Waals surface area contributed by atoms with Crippen molar-refractivity contribution in [1.29, 1.82) is 5.41 Å². The molecule has 0 atom stereocenters. The molecule has 3 heterocycles. The fourth-order valence-corrected chi connectivity index (χ4v) is 4.63. The van der Waals surface area contributed by atoms with Gasteiger partial charge in [0.25, 0.3) is 5.91 Å². The molecule has 1 aromatic heterocycles. The van der Waals surface area contributed by atoms with Crippen LogP contribution in [0, 0.1) is 19.3 Å². The first-order valence-electron chi connectivity index (χ1n) is 8.28. The summed E-state index contributed by atoms with van der Waals surface area (Å²) in [6.07, 6.45) is 5.59. The van der Waals surface area contributed by atoms with Gasteiger partial charge >= 0.3 is 0 Å². The molecule has 1 aromatic carbocycles. The first-order valence-corrected chi connectivity index (χ1v) is 10.3. The molecule has 8 heteroatoms. The number of para-hydroxylation sites is 1. The van der Waals surface area contributed by atoms with Crippen molar-refractivity contribution in [2.45, 2.75) is 13.8 Å². The van der Waals surface area contributed by atoms with E-state index in [1.54, 1.807) is 11.0 Å². The number of carbonyl (C=O) groups excluding carboxylic acids is 1. The quantitative estimate of drug-likeness (QED) is 0.615. The molecule has 1 amide bonds. The van der Waals surface area contributed by atoms with E-state index in [1.807, 2.05) is 35.2 Å². The summed E-state index contributed by atoms with van der Waals surface area (Å²) >= 11 is 2.56. The predicted molar refractivity (Wildman–Crippen MR) is 114 cm³/mol. The Morgan fingerprint density at radius 3 is 2.63 bits per heavy atom. The molecule has 0 aliphatic carbocycles. The molecule has 136 valence electrons. The normalized spacial score (nSPS) is 18.0. The number of rotatable bonds is 2. The third kappa shape index (κ3) is 2.94. The molecule has 0 saturated carbocycles. The van der Waals surface area contributed by atoms with Crippen LogP contribution in [-0.4, -0.2) is 37.8 Å². The molecule has 2 aromatic rings. The molecule has 0 fully saturated rings. The Bertz CT molecular complexity index is 1040. The van der Waals surface area contributed by atoms with Crippen LogP contribution in [0.4, 0.5) is 0 Å². The van der Waals surface area contributed by atoms with E-state index in [9.17, 15) is 4.79 Å². The molecular formula is C19H17N5OS2. The van der Waals surface area contributed by atoms with E-state index in [4.69, 9.17) is 5.41 Å². The highest BCUT2D eigenvalue weighted by Gasteiger charge is 2.37. The number of thioether (sulfide) groups is 1. The molecule has 27 heavy (non-hydrogen) atoms. The number of aromatic nitrogens is 1. The number of amidine groups is 3. The van der Waals surface area contributed by atoms with Crippen LogP contribution < -0.4 is 0 Å². The van der Waals surface area contributed by atoms with Crippen LogP contribution in [0.25, 0.3) is 11.8 Å². The predicted octanol–water partition coefficient (Wildman–Crippen LogP) is 4.03. The summed E-state index contributed by atoms with van der Waals surface area (Å²) < 4.78 is 6.31. The average Bonchev–Trinajstić information content (AvgIpc) is 3.25. The molecule has 0 spiro atoms. The number of benzene rings is 1. The monoisotopic (exact) mass is 395 g/mol. The van der Waals surface area contributed by atoms with Gasteiger partial charge in [-0.3, -0.25) is 10.2 Å². The topological polar surface area (TPSA) is 73.8 Å². The number of carbonyl (C=O) groups is 1. The minimum atomic E-state index is -0.412. The van der Waals surface area contributed by atoms with Gasteiger partial charge in [0.2, 0.25) is 5.17 Å². The SMILES string of the molecule is CSC1=NSC2=NC(=O)/C(=C\c3cccn3-c3c(C)cccc3C)C(=N)N12. The van der Waals surface area contributed by atoms with Gasteiger partial charge in [0.15, 0.2) is 5.17 Å². The van der Waals surface area contributed by atoms with Crippen molar-refractivity contribution in [3.05, 3.63) is 58.9 Å². The first kappa shape index (κ1) is 17.8. The average molecular weight is 396 g/mol. The molecule has 0 unspecified atom stereocenters. The van der Waals surface area contributed by atoms with Gasteiger partial charge in [-0.05, 0) is 49.4 Å². The third-order valence-corrected chi connectivity index (χ3v) is 5.89. The van der Waals surface area contributed by atoms with Gasteiger partial charge in [-0.25, -0.2) is 4.90 Å². The van der Waals surface area contributed by atoms with Gasteiger partial charge in [0.1, 0.15) is 5.84 Å². The number of aryl methyl sites for hydroxylation is 2. The molecule has 1 N–H and O–H groups in total. The smallest absolute Gasteiger partial charge is 0.283 e. The molecule has 2 aliphatic heterocycles. The van der Waals surface area contributed by atoms with E-state index in [1.165, 1.54) is 11.8 Å². The molecule has 2 aliphatic rings. The number of amides is 1. The lowest BCUT2D eigenvalue weighted by Crippen LogP contribution is -2.41. The van der Waals surface area contributed by atoms with E-state index in [-0.39, 0.29) is 11.4 Å². The standard InChI is InChI=1S/C19H17N5OS2/c1-11-6-4-7-12(2)15(11)23-9-5-8-13(23)10-14-16(20)24-18(21-17(14)25)27-22-19(24)26-3/h4-10,20H,1-3H3/b14-10-,20-16?. The number of fused-ring (bicyclic) bond motifs is 1. The van der Waals surface area contributed by atoms with E-state index >= 15 is 0 Å². The molecule has 0 saturated heterocycles. The van der Waals surface area contributed by atoms with Gasteiger partial charge in [-0.2, -0.15) is 9.39 Å². The first-order chi connectivity index (χ1) is 13.0. The fourth-order valence-electron chi connectivity index (χ4n) is 3.18. The minimum Gasteiger partial charge on any atom is -0.317 e. The van der Waals surface area contributed by atoms with Crippen molar-refractivity contribution in [2.75, 3.05) is 6.26 Å². The Kier molecular flexibility index (Phi) is 4.53. The van der Waals surface area contributed by atoms with Crippen LogP contribution in [0.3, 0.4) is 0 Å². The van der Waals surface area contributed by atoms with Gasteiger partial charge in [0.05, 0.1) is 23.2 Å². The van der Waals surface area contributed by atoms with E-state index < -0.39 is 5.91 Å². The Morgan fingerprint density at radius 2 is 1.93 bits per heavy atom. The zero-order valence-electron chi connectivity index (χ0n) is 15.1. The Balaban J connectivity index is 1.80. The van der Waals surface area contributed by atoms with Gasteiger partial charge < -0.3 is 4.57 Å². The van der Waals surface area contributed by atoms with Crippen molar-refractivity contribution in [2.24, 2.45) is 9.39 Å². The Morgan fingerprint density at radius 1 is 1.19 bits per heavy atom. The summed E-state index contributed by atoms with van der Waals surface area (Å²) in [6.45, 7) is 4.12. The van der Waals surface area contributed by atoms with Gasteiger partial charge in [-0.1, -0.05) is 30.0 Å². The number of hydrogen-bond acceptors (Lipinski definition) is 5. The lowest BCUT2D eigenvalue weighted by atomic mass is 10.1. The van der Waals surface area contributed by atoms with Crippen LogP contribution in [0.2, 0.25) is 0 Å². The zero-order chi connectivity index (χ0) is 19.1. The third-order valence-electron chi connectivity index (χ3n) is 4.43. The molecule has 0 radical (unpaired) electrons. The largest absolute Gasteiger partial charge is 0.317 e. The summed E-state index contributed by atoms with van der Waals surface area (Å²) in [5.41, 5.74) is 4.45.